The molecule has 0 aromatic heterocycles. The van der Waals surface area contributed by atoms with Crippen LogP contribution in [0.25, 0.3) is 0 Å². The molecule has 78 valence electrons. The Labute approximate surface area is 85.7 Å². The van der Waals surface area contributed by atoms with Gasteiger partial charge in [-0.3, -0.25) is 0 Å². The van der Waals surface area contributed by atoms with Crippen LogP contribution in [-0.2, 0) is 0 Å². The van der Waals surface area contributed by atoms with Gasteiger partial charge in [-0.15, -0.1) is 0 Å². The number of nitrogens with two attached hydrogens (primary N) is 1. The largest absolute Gasteiger partial charge is 0.328 e. The summed E-state index contributed by atoms with van der Waals surface area (Å²) in [7, 11) is 0. The standard InChI is InChI=1S/C11H19N3/c12-7-8-2-1-3-11(8)14-10-5-4-9(13)6-10/h8-11,14H,1-6,13H2. The van der Waals surface area contributed by atoms with E-state index in [1.165, 1.54) is 19.3 Å². The number of hydrogen-bond donors (Lipinski definition) is 2. The van der Waals surface area contributed by atoms with Gasteiger partial charge in [0.1, 0.15) is 0 Å². The Hall–Kier alpha value is -0.590. The zero-order chi connectivity index (χ0) is 9.97. The van der Waals surface area contributed by atoms with Crippen LogP contribution in [0.1, 0.15) is 38.5 Å². The van der Waals surface area contributed by atoms with Crippen molar-refractivity contribution in [2.75, 3.05) is 0 Å². The van der Waals surface area contributed by atoms with Gasteiger partial charge >= 0.3 is 0 Å². The number of hydrogen-bond acceptors (Lipinski definition) is 3. The van der Waals surface area contributed by atoms with Crippen LogP contribution in [0.3, 0.4) is 0 Å². The Morgan fingerprint density at radius 1 is 1.21 bits per heavy atom. The normalized spacial score (nSPS) is 42.6. The Bertz CT molecular complexity index is 233. The highest BCUT2D eigenvalue weighted by atomic mass is 15.0. The summed E-state index contributed by atoms with van der Waals surface area (Å²) in [6.45, 7) is 0. The predicted molar refractivity (Wildman–Crippen MR) is 55.5 cm³/mol. The van der Waals surface area contributed by atoms with Gasteiger partial charge in [0.2, 0.25) is 0 Å². The Kier molecular flexibility index (Phi) is 3.05. The first-order chi connectivity index (χ1) is 6.79. The van der Waals surface area contributed by atoms with Crippen LogP contribution in [0, 0.1) is 17.2 Å². The van der Waals surface area contributed by atoms with Crippen LogP contribution < -0.4 is 11.1 Å². The van der Waals surface area contributed by atoms with Crippen molar-refractivity contribution in [1.82, 2.24) is 5.32 Å². The van der Waals surface area contributed by atoms with E-state index in [4.69, 9.17) is 11.0 Å². The topological polar surface area (TPSA) is 61.8 Å². The van der Waals surface area contributed by atoms with Gasteiger partial charge < -0.3 is 11.1 Å². The minimum atomic E-state index is 0.242. The van der Waals surface area contributed by atoms with E-state index in [1.54, 1.807) is 0 Å². The molecular weight excluding hydrogens is 174 g/mol. The van der Waals surface area contributed by atoms with Gasteiger partial charge in [-0.1, -0.05) is 6.42 Å². The molecule has 2 rings (SSSR count). The smallest absolute Gasteiger partial charge is 0.0672 e. The van der Waals surface area contributed by atoms with E-state index in [2.05, 4.69) is 11.4 Å². The molecule has 0 heterocycles. The van der Waals surface area contributed by atoms with Crippen LogP contribution >= 0.6 is 0 Å². The van der Waals surface area contributed by atoms with Gasteiger partial charge in [-0.2, -0.15) is 5.26 Å². The average Bonchev–Trinajstić information content (AvgIpc) is 2.76. The van der Waals surface area contributed by atoms with Crippen molar-refractivity contribution < 1.29 is 0 Å². The summed E-state index contributed by atoms with van der Waals surface area (Å²) in [6.07, 6.45) is 6.87. The summed E-state index contributed by atoms with van der Waals surface area (Å²) >= 11 is 0. The molecule has 3 N–H and O–H groups in total. The van der Waals surface area contributed by atoms with Crippen molar-refractivity contribution in [2.45, 2.75) is 56.7 Å². The van der Waals surface area contributed by atoms with Gasteiger partial charge in [0.25, 0.3) is 0 Å². The third-order valence-electron chi connectivity index (χ3n) is 3.60. The van der Waals surface area contributed by atoms with E-state index in [0.717, 1.165) is 19.3 Å². The summed E-state index contributed by atoms with van der Waals surface area (Å²) in [5.41, 5.74) is 5.86. The number of rotatable bonds is 2. The lowest BCUT2D eigenvalue weighted by atomic mass is 10.0. The summed E-state index contributed by atoms with van der Waals surface area (Å²) in [4.78, 5) is 0. The maximum absolute atomic E-state index is 8.95. The SMILES string of the molecule is N#CC1CCCC1NC1CCC(N)C1. The maximum Gasteiger partial charge on any atom is 0.0672 e. The Morgan fingerprint density at radius 2 is 2.07 bits per heavy atom. The first-order valence-electron chi connectivity index (χ1n) is 5.71. The molecule has 0 spiro atoms. The molecular formula is C11H19N3. The van der Waals surface area contributed by atoms with E-state index < -0.39 is 0 Å². The van der Waals surface area contributed by atoms with Crippen molar-refractivity contribution in [3.8, 4) is 6.07 Å². The maximum atomic E-state index is 8.95. The fraction of sp³-hybridized carbons (Fsp3) is 0.909. The van der Waals surface area contributed by atoms with Crippen molar-refractivity contribution in [1.29, 1.82) is 5.26 Å². The molecule has 4 unspecified atom stereocenters. The van der Waals surface area contributed by atoms with Crippen molar-refractivity contribution in [3.05, 3.63) is 0 Å². The van der Waals surface area contributed by atoms with Crippen molar-refractivity contribution in [2.24, 2.45) is 11.7 Å². The van der Waals surface area contributed by atoms with Crippen LogP contribution in [0.15, 0.2) is 0 Å². The zero-order valence-electron chi connectivity index (χ0n) is 8.58. The highest BCUT2D eigenvalue weighted by molar-refractivity contribution is 4.98. The fourth-order valence-electron chi connectivity index (χ4n) is 2.78. The highest BCUT2D eigenvalue weighted by Gasteiger charge is 2.31. The molecule has 2 fully saturated rings. The fourth-order valence-corrected chi connectivity index (χ4v) is 2.78. The lowest BCUT2D eigenvalue weighted by molar-refractivity contribution is 0.396. The molecule has 2 aliphatic rings. The second-order valence-electron chi connectivity index (χ2n) is 4.71. The van der Waals surface area contributed by atoms with Gasteiger partial charge in [0.15, 0.2) is 0 Å². The molecule has 0 aromatic carbocycles. The summed E-state index contributed by atoms with van der Waals surface area (Å²) in [6, 6.07) is 3.80. The molecule has 0 aliphatic heterocycles. The molecule has 0 radical (unpaired) electrons. The lowest BCUT2D eigenvalue weighted by Gasteiger charge is -2.20. The molecule has 3 nitrogen and oxygen atoms in total. The van der Waals surface area contributed by atoms with Crippen LogP contribution in [0.2, 0.25) is 0 Å². The van der Waals surface area contributed by atoms with Crippen LogP contribution in [0.4, 0.5) is 0 Å². The van der Waals surface area contributed by atoms with E-state index in [1.807, 2.05) is 0 Å². The molecule has 3 heteroatoms. The van der Waals surface area contributed by atoms with Gasteiger partial charge in [-0.25, -0.2) is 0 Å². The van der Waals surface area contributed by atoms with Gasteiger partial charge in [-0.05, 0) is 32.1 Å². The summed E-state index contributed by atoms with van der Waals surface area (Å²) in [5, 5.41) is 12.6. The number of nitriles is 1. The third kappa shape index (κ3) is 2.08. The van der Waals surface area contributed by atoms with E-state index in [9.17, 15) is 0 Å². The first kappa shape index (κ1) is 9.95. The molecule has 0 saturated heterocycles. The van der Waals surface area contributed by atoms with Crippen molar-refractivity contribution in [3.63, 3.8) is 0 Å². The monoisotopic (exact) mass is 193 g/mol. The minimum Gasteiger partial charge on any atom is -0.328 e. The molecule has 0 bridgehead atoms. The first-order valence-corrected chi connectivity index (χ1v) is 5.71. The molecule has 0 amide bonds. The molecule has 14 heavy (non-hydrogen) atoms. The second kappa shape index (κ2) is 4.29. The molecule has 0 aromatic rings. The molecule has 4 atom stereocenters. The predicted octanol–water partition coefficient (Wildman–Crippen LogP) is 1.15. The van der Waals surface area contributed by atoms with Gasteiger partial charge in [0, 0.05) is 18.1 Å². The van der Waals surface area contributed by atoms with Crippen LogP contribution in [-0.4, -0.2) is 18.1 Å². The Morgan fingerprint density at radius 3 is 2.71 bits per heavy atom. The quantitative estimate of drug-likeness (QED) is 0.691. The number of nitrogens with one attached hydrogen (secondary N) is 1. The highest BCUT2D eigenvalue weighted by Crippen LogP contribution is 2.27. The Balaban J connectivity index is 1.82. The third-order valence-corrected chi connectivity index (χ3v) is 3.60. The van der Waals surface area contributed by atoms with Gasteiger partial charge in [0.05, 0.1) is 12.0 Å². The molecule has 2 saturated carbocycles. The minimum absolute atomic E-state index is 0.242. The average molecular weight is 193 g/mol. The summed E-state index contributed by atoms with van der Waals surface area (Å²) < 4.78 is 0. The zero-order valence-corrected chi connectivity index (χ0v) is 8.58. The molecule has 2 aliphatic carbocycles. The van der Waals surface area contributed by atoms with E-state index in [0.29, 0.717) is 18.1 Å². The number of nitrogens with zero attached hydrogens (tertiary/aromatic N) is 1. The summed E-state index contributed by atoms with van der Waals surface area (Å²) in [5.74, 6) is 0.242. The van der Waals surface area contributed by atoms with E-state index >= 15 is 0 Å². The van der Waals surface area contributed by atoms with Crippen LogP contribution in [0.5, 0.6) is 0 Å². The second-order valence-corrected chi connectivity index (χ2v) is 4.71. The van der Waals surface area contributed by atoms with Crippen molar-refractivity contribution >= 4 is 0 Å². The lowest BCUT2D eigenvalue weighted by Crippen LogP contribution is -2.39. The van der Waals surface area contributed by atoms with E-state index in [-0.39, 0.29) is 5.92 Å².